The molecule has 114 valence electrons. The summed E-state index contributed by atoms with van der Waals surface area (Å²) in [6, 6.07) is 15.7. The van der Waals surface area contributed by atoms with Crippen molar-refractivity contribution in [2.45, 2.75) is 20.4 Å². The number of nitrogens with one attached hydrogen (secondary N) is 1. The minimum absolute atomic E-state index is 0.0999. The lowest BCUT2D eigenvalue weighted by atomic mass is 10.1. The third-order valence-corrected chi connectivity index (χ3v) is 3.33. The molecule has 3 heteroatoms. The Hall–Kier alpha value is -2.55. The van der Waals surface area contributed by atoms with Gasteiger partial charge in [0, 0.05) is 12.6 Å². The first-order chi connectivity index (χ1) is 10.7. The fourth-order valence-corrected chi connectivity index (χ4v) is 2.06. The Kier molecular flexibility index (Phi) is 5.78. The SMILES string of the molecule is CCOc1ccc(/C=C/C(=O)NCc2ccccc2C)cc1. The molecule has 0 unspecified atom stereocenters. The number of aryl methyl sites for hydroxylation is 1. The lowest BCUT2D eigenvalue weighted by molar-refractivity contribution is -0.116. The molecule has 0 spiro atoms. The van der Waals surface area contributed by atoms with E-state index in [-0.39, 0.29) is 5.91 Å². The maximum atomic E-state index is 11.8. The van der Waals surface area contributed by atoms with Gasteiger partial charge in [0.15, 0.2) is 0 Å². The van der Waals surface area contributed by atoms with Crippen LogP contribution in [0.3, 0.4) is 0 Å². The van der Waals surface area contributed by atoms with Crippen LogP contribution < -0.4 is 10.1 Å². The first-order valence-corrected chi connectivity index (χ1v) is 7.42. The fraction of sp³-hybridized carbons (Fsp3) is 0.211. The van der Waals surface area contributed by atoms with Crippen LogP contribution >= 0.6 is 0 Å². The van der Waals surface area contributed by atoms with E-state index in [9.17, 15) is 4.79 Å². The molecule has 1 N–H and O–H groups in total. The molecule has 2 aromatic rings. The molecule has 0 heterocycles. The van der Waals surface area contributed by atoms with Crippen molar-refractivity contribution in [3.8, 4) is 5.75 Å². The highest BCUT2D eigenvalue weighted by Crippen LogP contribution is 2.13. The molecule has 2 aromatic carbocycles. The summed E-state index contributed by atoms with van der Waals surface area (Å²) < 4.78 is 5.38. The highest BCUT2D eigenvalue weighted by atomic mass is 16.5. The maximum absolute atomic E-state index is 11.8. The van der Waals surface area contributed by atoms with Crippen LogP contribution in [0, 0.1) is 6.92 Å². The first kappa shape index (κ1) is 15.8. The van der Waals surface area contributed by atoms with E-state index >= 15 is 0 Å². The highest BCUT2D eigenvalue weighted by molar-refractivity contribution is 5.91. The number of ether oxygens (including phenoxy) is 1. The zero-order chi connectivity index (χ0) is 15.8. The van der Waals surface area contributed by atoms with Gasteiger partial charge in [-0.25, -0.2) is 0 Å². The van der Waals surface area contributed by atoms with Crippen LogP contribution in [0.5, 0.6) is 5.75 Å². The van der Waals surface area contributed by atoms with Crippen LogP contribution in [-0.4, -0.2) is 12.5 Å². The van der Waals surface area contributed by atoms with Crippen LogP contribution in [0.25, 0.3) is 6.08 Å². The maximum Gasteiger partial charge on any atom is 0.244 e. The van der Waals surface area contributed by atoms with Crippen molar-refractivity contribution in [2.24, 2.45) is 0 Å². The van der Waals surface area contributed by atoms with Crippen LogP contribution in [0.15, 0.2) is 54.6 Å². The standard InChI is InChI=1S/C19H21NO2/c1-3-22-18-11-8-16(9-12-18)10-13-19(21)20-14-17-7-5-4-6-15(17)2/h4-13H,3,14H2,1-2H3,(H,20,21)/b13-10+. The smallest absolute Gasteiger partial charge is 0.244 e. The van der Waals surface area contributed by atoms with E-state index in [2.05, 4.69) is 5.32 Å². The number of amides is 1. The Morgan fingerprint density at radius 2 is 1.86 bits per heavy atom. The summed E-state index contributed by atoms with van der Waals surface area (Å²) in [7, 11) is 0. The van der Waals surface area contributed by atoms with Gasteiger partial charge in [-0.15, -0.1) is 0 Å². The van der Waals surface area contributed by atoms with Gasteiger partial charge < -0.3 is 10.1 Å². The summed E-state index contributed by atoms with van der Waals surface area (Å²) >= 11 is 0. The second kappa shape index (κ2) is 8.03. The molecule has 0 saturated heterocycles. The summed E-state index contributed by atoms with van der Waals surface area (Å²) in [5.74, 6) is 0.737. The van der Waals surface area contributed by atoms with Gasteiger partial charge in [0.25, 0.3) is 0 Å². The largest absolute Gasteiger partial charge is 0.494 e. The molecular formula is C19H21NO2. The Morgan fingerprint density at radius 3 is 2.55 bits per heavy atom. The van der Waals surface area contributed by atoms with Crippen molar-refractivity contribution in [1.82, 2.24) is 5.32 Å². The minimum Gasteiger partial charge on any atom is -0.494 e. The van der Waals surface area contributed by atoms with Gasteiger partial charge in [0.1, 0.15) is 5.75 Å². The van der Waals surface area contributed by atoms with E-state index in [4.69, 9.17) is 4.74 Å². The number of benzene rings is 2. The molecule has 0 bridgehead atoms. The Labute approximate surface area is 131 Å². The van der Waals surface area contributed by atoms with Gasteiger partial charge in [-0.1, -0.05) is 36.4 Å². The molecule has 22 heavy (non-hydrogen) atoms. The molecular weight excluding hydrogens is 274 g/mol. The van der Waals surface area contributed by atoms with Crippen LogP contribution in [-0.2, 0) is 11.3 Å². The predicted octanol–water partition coefficient (Wildman–Crippen LogP) is 3.72. The molecule has 2 rings (SSSR count). The molecule has 0 aromatic heterocycles. The molecule has 0 aliphatic rings. The monoisotopic (exact) mass is 295 g/mol. The van der Waals surface area contributed by atoms with Gasteiger partial charge in [0.2, 0.25) is 5.91 Å². The lowest BCUT2D eigenvalue weighted by Gasteiger charge is -2.05. The molecule has 3 nitrogen and oxygen atoms in total. The average Bonchev–Trinajstić information content (AvgIpc) is 2.54. The molecule has 1 amide bonds. The van der Waals surface area contributed by atoms with Gasteiger partial charge in [-0.3, -0.25) is 4.79 Å². The van der Waals surface area contributed by atoms with Crippen molar-refractivity contribution < 1.29 is 9.53 Å². The van der Waals surface area contributed by atoms with E-state index in [1.54, 1.807) is 12.2 Å². The van der Waals surface area contributed by atoms with Gasteiger partial charge >= 0.3 is 0 Å². The van der Waals surface area contributed by atoms with E-state index < -0.39 is 0 Å². The number of carbonyl (C=O) groups is 1. The van der Waals surface area contributed by atoms with Crippen molar-refractivity contribution in [1.29, 1.82) is 0 Å². The Morgan fingerprint density at radius 1 is 1.14 bits per heavy atom. The van der Waals surface area contributed by atoms with Crippen LogP contribution in [0.2, 0.25) is 0 Å². The second-order valence-electron chi connectivity index (χ2n) is 4.98. The Bertz CT molecular complexity index is 645. The summed E-state index contributed by atoms with van der Waals surface area (Å²) in [5, 5.41) is 2.89. The van der Waals surface area contributed by atoms with Crippen LogP contribution in [0.4, 0.5) is 0 Å². The van der Waals surface area contributed by atoms with Gasteiger partial charge in [-0.05, 0) is 48.7 Å². The van der Waals surface area contributed by atoms with E-state index in [0.29, 0.717) is 13.2 Å². The van der Waals surface area contributed by atoms with Gasteiger partial charge in [0.05, 0.1) is 6.61 Å². The number of hydrogen-bond acceptors (Lipinski definition) is 2. The molecule has 0 atom stereocenters. The van der Waals surface area contributed by atoms with Crippen molar-refractivity contribution >= 4 is 12.0 Å². The lowest BCUT2D eigenvalue weighted by Crippen LogP contribution is -2.20. The topological polar surface area (TPSA) is 38.3 Å². The molecule has 0 saturated carbocycles. The van der Waals surface area contributed by atoms with Crippen molar-refractivity contribution in [3.05, 3.63) is 71.3 Å². The highest BCUT2D eigenvalue weighted by Gasteiger charge is 1.99. The number of hydrogen-bond donors (Lipinski definition) is 1. The van der Waals surface area contributed by atoms with Crippen molar-refractivity contribution in [3.63, 3.8) is 0 Å². The zero-order valence-electron chi connectivity index (χ0n) is 13.0. The average molecular weight is 295 g/mol. The van der Waals surface area contributed by atoms with Crippen molar-refractivity contribution in [2.75, 3.05) is 6.61 Å². The zero-order valence-corrected chi connectivity index (χ0v) is 13.0. The summed E-state index contributed by atoms with van der Waals surface area (Å²) in [6.45, 7) is 5.18. The van der Waals surface area contributed by atoms with E-state index in [0.717, 1.165) is 16.9 Å². The minimum atomic E-state index is -0.0999. The Balaban J connectivity index is 1.87. The molecule has 0 radical (unpaired) electrons. The molecule has 0 aliphatic heterocycles. The molecule has 0 aliphatic carbocycles. The summed E-state index contributed by atoms with van der Waals surface area (Å²) in [6.07, 6.45) is 3.34. The van der Waals surface area contributed by atoms with Crippen LogP contribution in [0.1, 0.15) is 23.6 Å². The fourth-order valence-electron chi connectivity index (χ4n) is 2.06. The third-order valence-electron chi connectivity index (χ3n) is 3.33. The predicted molar refractivity (Wildman–Crippen MR) is 89.7 cm³/mol. The quantitative estimate of drug-likeness (QED) is 0.825. The normalized spacial score (nSPS) is 10.6. The van der Waals surface area contributed by atoms with Gasteiger partial charge in [-0.2, -0.15) is 0 Å². The summed E-state index contributed by atoms with van der Waals surface area (Å²) in [4.78, 5) is 11.8. The third kappa shape index (κ3) is 4.77. The number of rotatable bonds is 6. The summed E-state index contributed by atoms with van der Waals surface area (Å²) in [5.41, 5.74) is 3.28. The second-order valence-corrected chi connectivity index (χ2v) is 4.98. The van der Waals surface area contributed by atoms with E-state index in [1.807, 2.05) is 62.4 Å². The molecule has 0 fully saturated rings. The first-order valence-electron chi connectivity index (χ1n) is 7.42. The number of carbonyl (C=O) groups excluding carboxylic acids is 1. The van der Waals surface area contributed by atoms with E-state index in [1.165, 1.54) is 5.56 Å².